The van der Waals surface area contributed by atoms with Crippen LogP contribution in [0.5, 0.6) is 5.19 Å². The number of aromatic nitrogens is 1. The average molecular weight is 326 g/mol. The molecule has 0 saturated carbocycles. The van der Waals surface area contributed by atoms with Gasteiger partial charge in [0.05, 0.1) is 6.61 Å². The summed E-state index contributed by atoms with van der Waals surface area (Å²) in [6.07, 6.45) is 5.86. The van der Waals surface area contributed by atoms with E-state index in [4.69, 9.17) is 9.47 Å². The zero-order valence-electron chi connectivity index (χ0n) is 13.7. The maximum Gasteiger partial charge on any atom is 0.410 e. The molecule has 0 aromatic carbocycles. The number of amides is 1. The topological polar surface area (TPSA) is 51.7 Å². The number of piperidine rings is 1. The molecule has 0 atom stereocenters. The summed E-state index contributed by atoms with van der Waals surface area (Å²) in [5.41, 5.74) is -0.416. The lowest BCUT2D eigenvalue weighted by Crippen LogP contribution is -2.41. The second kappa shape index (κ2) is 7.81. The van der Waals surface area contributed by atoms with Crippen molar-refractivity contribution < 1.29 is 14.3 Å². The first-order chi connectivity index (χ1) is 10.4. The molecule has 0 spiro atoms. The van der Waals surface area contributed by atoms with Crippen LogP contribution in [0.4, 0.5) is 4.79 Å². The molecule has 1 aliphatic rings. The van der Waals surface area contributed by atoms with E-state index in [0.29, 0.717) is 5.92 Å². The zero-order valence-corrected chi connectivity index (χ0v) is 14.5. The molecule has 0 aliphatic carbocycles. The lowest BCUT2D eigenvalue weighted by atomic mass is 9.92. The van der Waals surface area contributed by atoms with Gasteiger partial charge in [-0.1, -0.05) is 11.3 Å². The van der Waals surface area contributed by atoms with Gasteiger partial charge in [0.1, 0.15) is 5.60 Å². The Labute approximate surface area is 136 Å². The van der Waals surface area contributed by atoms with Crippen molar-refractivity contribution in [1.29, 1.82) is 0 Å². The highest BCUT2D eigenvalue weighted by Crippen LogP contribution is 2.23. The summed E-state index contributed by atoms with van der Waals surface area (Å²) in [4.78, 5) is 17.9. The fourth-order valence-corrected chi connectivity index (χ4v) is 3.06. The Morgan fingerprint density at radius 2 is 2.14 bits per heavy atom. The van der Waals surface area contributed by atoms with Crippen molar-refractivity contribution >= 4 is 17.4 Å². The van der Waals surface area contributed by atoms with E-state index in [2.05, 4.69) is 4.98 Å². The van der Waals surface area contributed by atoms with Gasteiger partial charge in [0.15, 0.2) is 0 Å². The Hall–Kier alpha value is -1.30. The summed E-state index contributed by atoms with van der Waals surface area (Å²) in [6, 6.07) is 0. The molecule has 1 aliphatic heterocycles. The van der Waals surface area contributed by atoms with E-state index >= 15 is 0 Å². The highest BCUT2D eigenvalue weighted by atomic mass is 32.1. The number of hydrogen-bond acceptors (Lipinski definition) is 5. The van der Waals surface area contributed by atoms with Gasteiger partial charge < -0.3 is 14.4 Å². The van der Waals surface area contributed by atoms with Gasteiger partial charge in [-0.05, 0) is 52.4 Å². The Morgan fingerprint density at radius 3 is 2.73 bits per heavy atom. The first-order valence-electron chi connectivity index (χ1n) is 7.94. The average Bonchev–Trinajstić information content (AvgIpc) is 2.95. The van der Waals surface area contributed by atoms with Gasteiger partial charge in [0, 0.05) is 24.7 Å². The second-order valence-corrected chi connectivity index (χ2v) is 7.56. The van der Waals surface area contributed by atoms with E-state index in [1.165, 1.54) is 11.3 Å². The van der Waals surface area contributed by atoms with Gasteiger partial charge >= 0.3 is 6.09 Å². The van der Waals surface area contributed by atoms with Crippen LogP contribution in [-0.2, 0) is 4.74 Å². The first-order valence-corrected chi connectivity index (χ1v) is 8.82. The Kier molecular flexibility index (Phi) is 6.06. The van der Waals surface area contributed by atoms with Gasteiger partial charge in [-0.3, -0.25) is 0 Å². The molecular formula is C16H26N2O3S. The van der Waals surface area contributed by atoms with Crippen LogP contribution < -0.4 is 4.74 Å². The highest BCUT2D eigenvalue weighted by Gasteiger charge is 2.26. The van der Waals surface area contributed by atoms with Crippen LogP contribution in [0, 0.1) is 5.92 Å². The molecule has 0 bridgehead atoms. The maximum atomic E-state index is 12.0. The van der Waals surface area contributed by atoms with Crippen molar-refractivity contribution in [2.75, 3.05) is 19.7 Å². The van der Waals surface area contributed by atoms with Crippen LogP contribution in [0.25, 0.3) is 0 Å². The summed E-state index contributed by atoms with van der Waals surface area (Å²) in [6.45, 7) is 8.03. The number of likely N-dealkylation sites (tertiary alicyclic amines) is 1. The van der Waals surface area contributed by atoms with Crippen LogP contribution in [0.15, 0.2) is 11.6 Å². The van der Waals surface area contributed by atoms with E-state index in [9.17, 15) is 4.79 Å². The van der Waals surface area contributed by atoms with Crippen molar-refractivity contribution in [1.82, 2.24) is 9.88 Å². The zero-order chi connectivity index (χ0) is 16.0. The Balaban J connectivity index is 1.59. The smallest absolute Gasteiger partial charge is 0.410 e. The van der Waals surface area contributed by atoms with E-state index in [1.54, 1.807) is 6.20 Å². The van der Waals surface area contributed by atoms with Crippen LogP contribution in [0.3, 0.4) is 0 Å². The standard InChI is InChI=1S/C16H26N2O3S/c1-16(2,3)21-15(19)18-9-6-13(7-10-18)5-4-11-20-14-17-8-12-22-14/h8,12-13H,4-7,9-11H2,1-3H3. The molecular weight excluding hydrogens is 300 g/mol. The maximum absolute atomic E-state index is 12.0. The Morgan fingerprint density at radius 1 is 1.41 bits per heavy atom. The number of rotatable bonds is 5. The minimum atomic E-state index is -0.416. The summed E-state index contributed by atoms with van der Waals surface area (Å²) in [5.74, 6) is 0.679. The predicted molar refractivity (Wildman–Crippen MR) is 87.4 cm³/mol. The largest absolute Gasteiger partial charge is 0.470 e. The van der Waals surface area contributed by atoms with Gasteiger partial charge in [0.2, 0.25) is 0 Å². The molecule has 0 radical (unpaired) electrons. The van der Waals surface area contributed by atoms with E-state index in [-0.39, 0.29) is 6.09 Å². The van der Waals surface area contributed by atoms with Crippen molar-refractivity contribution in [2.45, 2.75) is 52.1 Å². The van der Waals surface area contributed by atoms with Gasteiger partial charge in [-0.25, -0.2) is 9.78 Å². The monoisotopic (exact) mass is 326 g/mol. The molecule has 0 unspecified atom stereocenters. The SMILES string of the molecule is CC(C)(C)OC(=O)N1CCC(CCCOc2nccs2)CC1. The number of carbonyl (C=O) groups excluding carboxylic acids is 1. The second-order valence-electron chi connectivity index (χ2n) is 6.70. The normalized spacial score (nSPS) is 16.6. The number of hydrogen-bond donors (Lipinski definition) is 0. The van der Waals surface area contributed by atoms with E-state index in [1.807, 2.05) is 31.1 Å². The molecule has 1 amide bonds. The number of ether oxygens (including phenoxy) is 2. The number of thiazole rings is 1. The first kappa shape index (κ1) is 17.1. The Bertz CT molecular complexity index is 448. The van der Waals surface area contributed by atoms with Crippen LogP contribution in [-0.4, -0.2) is 41.3 Å². The van der Waals surface area contributed by atoms with Crippen molar-refractivity contribution in [2.24, 2.45) is 5.92 Å². The fourth-order valence-electron chi connectivity index (χ4n) is 2.54. The molecule has 5 nitrogen and oxygen atoms in total. The lowest BCUT2D eigenvalue weighted by Gasteiger charge is -2.33. The van der Waals surface area contributed by atoms with Gasteiger partial charge in [0.25, 0.3) is 5.19 Å². The third-order valence-electron chi connectivity index (χ3n) is 3.66. The molecule has 1 saturated heterocycles. The van der Waals surface area contributed by atoms with Gasteiger partial charge in [-0.2, -0.15) is 0 Å². The molecule has 2 heterocycles. The number of nitrogens with zero attached hydrogens (tertiary/aromatic N) is 2. The summed E-state index contributed by atoms with van der Waals surface area (Å²) >= 11 is 1.53. The third-order valence-corrected chi connectivity index (χ3v) is 4.34. The minimum Gasteiger partial charge on any atom is -0.470 e. The molecule has 0 N–H and O–H groups in total. The van der Waals surface area contributed by atoms with E-state index < -0.39 is 5.60 Å². The van der Waals surface area contributed by atoms with Crippen molar-refractivity contribution in [3.8, 4) is 5.19 Å². The minimum absolute atomic E-state index is 0.182. The molecule has 1 aromatic heterocycles. The quantitative estimate of drug-likeness (QED) is 0.769. The summed E-state index contributed by atoms with van der Waals surface area (Å²) < 4.78 is 11.0. The molecule has 6 heteroatoms. The summed E-state index contributed by atoms with van der Waals surface area (Å²) in [5, 5.41) is 2.67. The van der Waals surface area contributed by atoms with Crippen LogP contribution >= 0.6 is 11.3 Å². The molecule has 2 rings (SSSR count). The lowest BCUT2D eigenvalue weighted by molar-refractivity contribution is 0.0179. The summed E-state index contributed by atoms with van der Waals surface area (Å²) in [7, 11) is 0. The number of carbonyl (C=O) groups is 1. The molecule has 124 valence electrons. The van der Waals surface area contributed by atoms with Gasteiger partial charge in [-0.15, -0.1) is 0 Å². The van der Waals surface area contributed by atoms with Crippen molar-refractivity contribution in [3.05, 3.63) is 11.6 Å². The highest BCUT2D eigenvalue weighted by molar-refractivity contribution is 7.11. The molecule has 1 aromatic rings. The van der Waals surface area contributed by atoms with E-state index in [0.717, 1.165) is 50.6 Å². The van der Waals surface area contributed by atoms with Crippen LogP contribution in [0.2, 0.25) is 0 Å². The fraction of sp³-hybridized carbons (Fsp3) is 0.750. The predicted octanol–water partition coefficient (Wildman–Crippen LogP) is 3.95. The van der Waals surface area contributed by atoms with Crippen molar-refractivity contribution in [3.63, 3.8) is 0 Å². The molecule has 1 fully saturated rings. The van der Waals surface area contributed by atoms with Crippen LogP contribution in [0.1, 0.15) is 46.5 Å². The molecule has 22 heavy (non-hydrogen) atoms. The third kappa shape index (κ3) is 5.83.